The number of ketones is 1. The molecule has 6 heteroatoms. The molecule has 0 aliphatic rings. The number of aromatic nitrogens is 1. The summed E-state index contributed by atoms with van der Waals surface area (Å²) in [4.78, 5) is 25.9. The molecule has 0 atom stereocenters. The van der Waals surface area contributed by atoms with E-state index in [1.54, 1.807) is 42.7 Å². The molecule has 0 fully saturated rings. The van der Waals surface area contributed by atoms with E-state index < -0.39 is 5.97 Å². The normalized spacial score (nSPS) is 10.7. The van der Waals surface area contributed by atoms with Gasteiger partial charge < -0.3 is 14.0 Å². The maximum absolute atomic E-state index is 12.6. The molecule has 0 amide bonds. The molecular formula is C22H23NO4S. The molecule has 0 saturated carbocycles. The van der Waals surface area contributed by atoms with Gasteiger partial charge in [0.15, 0.2) is 6.61 Å². The largest absolute Gasteiger partial charge is 0.497 e. The summed E-state index contributed by atoms with van der Waals surface area (Å²) in [6.07, 6.45) is 0.120. The van der Waals surface area contributed by atoms with Gasteiger partial charge in [0.25, 0.3) is 0 Å². The minimum absolute atomic E-state index is 0.120. The highest BCUT2D eigenvalue weighted by Gasteiger charge is 2.18. The first-order valence-corrected chi connectivity index (χ1v) is 9.86. The predicted molar refractivity (Wildman–Crippen MR) is 109 cm³/mol. The summed E-state index contributed by atoms with van der Waals surface area (Å²) in [6.45, 7) is 4.39. The van der Waals surface area contributed by atoms with Crippen LogP contribution in [0.2, 0.25) is 0 Å². The van der Waals surface area contributed by atoms with Crippen LogP contribution in [-0.2, 0) is 22.5 Å². The number of benzene rings is 1. The third-order valence-corrected chi connectivity index (χ3v) is 5.50. The van der Waals surface area contributed by atoms with Gasteiger partial charge in [-0.1, -0.05) is 18.2 Å². The molecule has 1 aromatic carbocycles. The summed E-state index contributed by atoms with van der Waals surface area (Å²) < 4.78 is 12.4. The van der Waals surface area contributed by atoms with Crippen LogP contribution in [0.15, 0.2) is 47.8 Å². The molecule has 3 aromatic rings. The van der Waals surface area contributed by atoms with Crippen molar-refractivity contribution in [2.24, 2.45) is 0 Å². The average molecular weight is 397 g/mol. The molecule has 0 unspecified atom stereocenters. The van der Waals surface area contributed by atoms with Crippen molar-refractivity contribution < 1.29 is 19.1 Å². The first-order chi connectivity index (χ1) is 13.5. The Kier molecular flexibility index (Phi) is 6.31. The number of thiophene rings is 1. The molecule has 3 rings (SSSR count). The van der Waals surface area contributed by atoms with Gasteiger partial charge in [0.2, 0.25) is 5.78 Å². The second-order valence-electron chi connectivity index (χ2n) is 6.56. The number of carbonyl (C=O) groups excluding carboxylic acids is 2. The third-order valence-electron chi connectivity index (χ3n) is 4.64. The fourth-order valence-electron chi connectivity index (χ4n) is 3.07. The van der Waals surface area contributed by atoms with E-state index in [2.05, 4.69) is 10.6 Å². The lowest BCUT2D eigenvalue weighted by molar-refractivity contribution is -0.141. The Morgan fingerprint density at radius 1 is 1.11 bits per heavy atom. The van der Waals surface area contributed by atoms with Crippen LogP contribution in [0.4, 0.5) is 0 Å². The number of hydrogen-bond acceptors (Lipinski definition) is 5. The fourth-order valence-corrected chi connectivity index (χ4v) is 3.76. The topological polar surface area (TPSA) is 57.5 Å². The summed E-state index contributed by atoms with van der Waals surface area (Å²) in [5.74, 6) is 0.115. The number of Topliss-reactive ketones (excluding diaryl/α,β-unsaturated/α-hetero) is 1. The molecule has 0 N–H and O–H groups in total. The van der Waals surface area contributed by atoms with Gasteiger partial charge in [0, 0.05) is 21.8 Å². The van der Waals surface area contributed by atoms with Crippen LogP contribution >= 0.6 is 11.3 Å². The number of carbonyl (C=O) groups is 2. The first-order valence-electron chi connectivity index (χ1n) is 8.98. The van der Waals surface area contributed by atoms with E-state index in [1.807, 2.05) is 31.4 Å². The highest BCUT2D eigenvalue weighted by molar-refractivity contribution is 7.09. The third kappa shape index (κ3) is 4.70. The molecule has 28 heavy (non-hydrogen) atoms. The van der Waals surface area contributed by atoms with Crippen LogP contribution in [-0.4, -0.2) is 30.0 Å². The lowest BCUT2D eigenvalue weighted by Gasteiger charge is -2.09. The van der Waals surface area contributed by atoms with Gasteiger partial charge in [-0.25, -0.2) is 0 Å². The van der Waals surface area contributed by atoms with Crippen LogP contribution in [0.25, 0.3) is 0 Å². The van der Waals surface area contributed by atoms with Crippen LogP contribution in [0.5, 0.6) is 5.75 Å². The van der Waals surface area contributed by atoms with E-state index in [0.29, 0.717) is 5.56 Å². The lowest BCUT2D eigenvalue weighted by atomic mass is 10.1. The predicted octanol–water partition coefficient (Wildman–Crippen LogP) is 4.19. The zero-order chi connectivity index (χ0) is 20.1. The zero-order valence-corrected chi connectivity index (χ0v) is 17.0. The molecule has 0 aliphatic carbocycles. The van der Waals surface area contributed by atoms with Crippen LogP contribution in [0.1, 0.15) is 32.2 Å². The lowest BCUT2D eigenvalue weighted by Crippen LogP contribution is -2.16. The quantitative estimate of drug-likeness (QED) is 0.422. The molecule has 0 aliphatic heterocycles. The zero-order valence-electron chi connectivity index (χ0n) is 16.2. The minimum atomic E-state index is -0.425. The van der Waals surface area contributed by atoms with Gasteiger partial charge in [0.1, 0.15) is 5.75 Å². The highest BCUT2D eigenvalue weighted by Crippen LogP contribution is 2.20. The van der Waals surface area contributed by atoms with Gasteiger partial charge in [-0.15, -0.1) is 11.3 Å². The van der Waals surface area contributed by atoms with E-state index >= 15 is 0 Å². The van der Waals surface area contributed by atoms with Crippen molar-refractivity contribution in [3.63, 3.8) is 0 Å². The Bertz CT molecular complexity index is 955. The number of methoxy groups -OCH3 is 1. The molecule has 2 aromatic heterocycles. The number of ether oxygens (including phenoxy) is 2. The van der Waals surface area contributed by atoms with E-state index in [1.165, 1.54) is 4.88 Å². The summed E-state index contributed by atoms with van der Waals surface area (Å²) >= 11 is 1.69. The van der Waals surface area contributed by atoms with Crippen molar-refractivity contribution >= 4 is 23.1 Å². The van der Waals surface area contributed by atoms with Crippen LogP contribution in [0, 0.1) is 13.8 Å². The Morgan fingerprint density at radius 2 is 1.86 bits per heavy atom. The Balaban J connectivity index is 1.59. The van der Waals surface area contributed by atoms with E-state index in [9.17, 15) is 9.59 Å². The van der Waals surface area contributed by atoms with Gasteiger partial charge in [-0.05, 0) is 49.1 Å². The van der Waals surface area contributed by atoms with Crippen molar-refractivity contribution in [1.82, 2.24) is 4.57 Å². The summed E-state index contributed by atoms with van der Waals surface area (Å²) in [5, 5.41) is 2.04. The van der Waals surface area contributed by atoms with Gasteiger partial charge in [-0.2, -0.15) is 0 Å². The van der Waals surface area contributed by atoms with Crippen molar-refractivity contribution in [3.8, 4) is 5.75 Å². The highest BCUT2D eigenvalue weighted by atomic mass is 32.1. The van der Waals surface area contributed by atoms with E-state index in [0.717, 1.165) is 29.2 Å². The van der Waals surface area contributed by atoms with E-state index in [4.69, 9.17) is 9.47 Å². The molecule has 5 nitrogen and oxygen atoms in total. The number of rotatable bonds is 8. The Labute approximate surface area is 168 Å². The molecule has 0 radical (unpaired) electrons. The number of nitrogens with zero attached hydrogens (tertiary/aromatic N) is 1. The second kappa shape index (κ2) is 8.89. The number of esters is 1. The molecule has 2 heterocycles. The van der Waals surface area contributed by atoms with Gasteiger partial charge in [-0.3, -0.25) is 9.59 Å². The fraction of sp³-hybridized carbons (Fsp3) is 0.273. The second-order valence-corrected chi connectivity index (χ2v) is 7.59. The van der Waals surface area contributed by atoms with Crippen LogP contribution in [0.3, 0.4) is 0 Å². The SMILES string of the molecule is COc1ccc(CC(=O)OCC(=O)c2cc(C)n(Cc3cccs3)c2C)cc1. The summed E-state index contributed by atoms with van der Waals surface area (Å²) in [5.41, 5.74) is 3.32. The molecular weight excluding hydrogens is 374 g/mol. The van der Waals surface area contributed by atoms with Gasteiger partial charge in [0.05, 0.1) is 20.1 Å². The van der Waals surface area contributed by atoms with E-state index in [-0.39, 0.29) is 18.8 Å². The van der Waals surface area contributed by atoms with Gasteiger partial charge >= 0.3 is 5.97 Å². The van der Waals surface area contributed by atoms with Crippen molar-refractivity contribution in [1.29, 1.82) is 0 Å². The average Bonchev–Trinajstić information content (AvgIpc) is 3.30. The van der Waals surface area contributed by atoms with Crippen molar-refractivity contribution in [2.75, 3.05) is 13.7 Å². The molecule has 0 saturated heterocycles. The van der Waals surface area contributed by atoms with Crippen LogP contribution < -0.4 is 4.74 Å². The van der Waals surface area contributed by atoms with Crippen molar-refractivity contribution in [3.05, 3.63) is 75.2 Å². The molecule has 0 bridgehead atoms. The Hall–Kier alpha value is -2.86. The number of hydrogen-bond donors (Lipinski definition) is 0. The number of aryl methyl sites for hydroxylation is 1. The minimum Gasteiger partial charge on any atom is -0.497 e. The first kappa shape index (κ1) is 19.9. The maximum Gasteiger partial charge on any atom is 0.310 e. The Morgan fingerprint density at radius 3 is 2.50 bits per heavy atom. The summed E-state index contributed by atoms with van der Waals surface area (Å²) in [6, 6.07) is 13.1. The monoisotopic (exact) mass is 397 g/mol. The standard InChI is InChI=1S/C22H23NO4S/c1-15-11-20(16(2)23(15)13-19-5-4-10-28-19)21(24)14-27-22(25)12-17-6-8-18(26-3)9-7-17/h4-11H,12-14H2,1-3H3. The maximum atomic E-state index is 12.6. The summed E-state index contributed by atoms with van der Waals surface area (Å²) in [7, 11) is 1.59. The molecule has 146 valence electrons. The molecule has 0 spiro atoms. The van der Waals surface area contributed by atoms with Crippen molar-refractivity contribution in [2.45, 2.75) is 26.8 Å². The smallest absolute Gasteiger partial charge is 0.310 e.